The first-order valence-electron chi connectivity index (χ1n) is 9.86. The first-order chi connectivity index (χ1) is 15.4. The number of aliphatic hydroxyl groups is 1. The van der Waals surface area contributed by atoms with Crippen LogP contribution in [-0.2, 0) is 25.8 Å². The van der Waals surface area contributed by atoms with E-state index in [0.717, 1.165) is 5.56 Å². The predicted molar refractivity (Wildman–Crippen MR) is 119 cm³/mol. The van der Waals surface area contributed by atoms with Crippen molar-refractivity contribution in [2.45, 2.75) is 22.3 Å². The number of sulfone groups is 1. The first kappa shape index (κ1) is 21.3. The van der Waals surface area contributed by atoms with E-state index in [0.29, 0.717) is 12.1 Å². The van der Waals surface area contributed by atoms with Gasteiger partial charge in [0.25, 0.3) is 11.8 Å². The zero-order valence-electron chi connectivity index (χ0n) is 16.9. The Kier molecular flexibility index (Phi) is 5.79. The highest BCUT2D eigenvalue weighted by atomic mass is 32.2. The lowest BCUT2D eigenvalue weighted by Crippen LogP contribution is -2.31. The lowest BCUT2D eigenvalue weighted by Gasteiger charge is -2.10. The largest absolute Gasteiger partial charge is 0.509 e. The SMILES string of the molecule is O=C(Nc1ccc(S(=O)(=O)c2ccccc2)cc1)C1=C(O)C(Cc2ccccc2)NC1=O. The summed E-state index contributed by atoms with van der Waals surface area (Å²) in [4.78, 5) is 25.2. The van der Waals surface area contributed by atoms with Crippen LogP contribution < -0.4 is 10.6 Å². The van der Waals surface area contributed by atoms with Gasteiger partial charge in [0, 0.05) is 5.69 Å². The summed E-state index contributed by atoms with van der Waals surface area (Å²) >= 11 is 0. The molecule has 1 unspecified atom stereocenters. The van der Waals surface area contributed by atoms with E-state index in [9.17, 15) is 23.1 Å². The Hall–Kier alpha value is -3.91. The van der Waals surface area contributed by atoms with Crippen LogP contribution in [0.4, 0.5) is 5.69 Å². The van der Waals surface area contributed by atoms with Gasteiger partial charge in [-0.3, -0.25) is 9.59 Å². The number of carbonyl (C=O) groups excluding carboxylic acids is 2. The van der Waals surface area contributed by atoms with Gasteiger partial charge in [-0.2, -0.15) is 0 Å². The summed E-state index contributed by atoms with van der Waals surface area (Å²) < 4.78 is 25.3. The van der Waals surface area contributed by atoms with Crippen molar-refractivity contribution in [3.63, 3.8) is 0 Å². The molecule has 0 saturated heterocycles. The highest BCUT2D eigenvalue weighted by molar-refractivity contribution is 7.91. The second kappa shape index (κ2) is 8.68. The maximum absolute atomic E-state index is 12.7. The molecule has 1 aliphatic rings. The van der Waals surface area contributed by atoms with Crippen LogP contribution in [0.15, 0.2) is 106 Å². The first-order valence-corrected chi connectivity index (χ1v) is 11.3. The lowest BCUT2D eigenvalue weighted by molar-refractivity contribution is -0.120. The molecular formula is C24H20N2O5S. The van der Waals surface area contributed by atoms with Crippen LogP contribution >= 0.6 is 0 Å². The number of benzene rings is 3. The van der Waals surface area contributed by atoms with Gasteiger partial charge in [-0.05, 0) is 48.4 Å². The van der Waals surface area contributed by atoms with Gasteiger partial charge in [0.1, 0.15) is 11.3 Å². The van der Waals surface area contributed by atoms with Gasteiger partial charge in [-0.1, -0.05) is 48.5 Å². The predicted octanol–water partition coefficient (Wildman–Crippen LogP) is 3.01. The van der Waals surface area contributed by atoms with Crippen molar-refractivity contribution < 1.29 is 23.1 Å². The molecule has 3 aromatic carbocycles. The molecule has 7 nitrogen and oxygen atoms in total. The molecule has 2 amide bonds. The van der Waals surface area contributed by atoms with Crippen LogP contribution in [0, 0.1) is 0 Å². The average Bonchev–Trinajstić information content (AvgIpc) is 3.08. The Labute approximate surface area is 185 Å². The summed E-state index contributed by atoms with van der Waals surface area (Å²) in [6, 6.07) is 22.2. The highest BCUT2D eigenvalue weighted by Crippen LogP contribution is 2.24. The average molecular weight is 449 g/mol. The third-order valence-corrected chi connectivity index (χ3v) is 6.89. The molecule has 0 bridgehead atoms. The van der Waals surface area contributed by atoms with E-state index in [2.05, 4.69) is 10.6 Å². The maximum atomic E-state index is 12.7. The fourth-order valence-electron chi connectivity index (χ4n) is 3.45. The Morgan fingerprint density at radius 2 is 1.44 bits per heavy atom. The second-order valence-electron chi connectivity index (χ2n) is 7.27. The Balaban J connectivity index is 1.49. The third kappa shape index (κ3) is 4.26. The Morgan fingerprint density at radius 3 is 2.06 bits per heavy atom. The summed E-state index contributed by atoms with van der Waals surface area (Å²) in [7, 11) is -3.68. The fourth-order valence-corrected chi connectivity index (χ4v) is 4.73. The van der Waals surface area contributed by atoms with Gasteiger partial charge < -0.3 is 15.7 Å². The molecule has 0 spiro atoms. The zero-order chi connectivity index (χ0) is 22.7. The van der Waals surface area contributed by atoms with Crippen molar-refractivity contribution in [2.24, 2.45) is 0 Å². The van der Waals surface area contributed by atoms with Gasteiger partial charge in [0.15, 0.2) is 0 Å². The summed E-state index contributed by atoms with van der Waals surface area (Å²) in [6.45, 7) is 0. The van der Waals surface area contributed by atoms with E-state index >= 15 is 0 Å². The van der Waals surface area contributed by atoms with Crippen molar-refractivity contribution in [1.29, 1.82) is 0 Å². The van der Waals surface area contributed by atoms with Crippen molar-refractivity contribution in [3.8, 4) is 0 Å². The van der Waals surface area contributed by atoms with Crippen molar-refractivity contribution >= 4 is 27.3 Å². The van der Waals surface area contributed by atoms with Crippen LogP contribution in [0.3, 0.4) is 0 Å². The molecule has 4 rings (SSSR count). The van der Waals surface area contributed by atoms with Crippen molar-refractivity contribution in [2.75, 3.05) is 5.32 Å². The smallest absolute Gasteiger partial charge is 0.264 e. The quantitative estimate of drug-likeness (QED) is 0.502. The minimum absolute atomic E-state index is 0.0743. The molecule has 0 radical (unpaired) electrons. The van der Waals surface area contributed by atoms with Gasteiger partial charge in [-0.15, -0.1) is 0 Å². The second-order valence-corrected chi connectivity index (χ2v) is 9.22. The topological polar surface area (TPSA) is 113 Å². The Bertz CT molecular complexity index is 1290. The number of carbonyl (C=O) groups is 2. The fraction of sp³-hybridized carbons (Fsp3) is 0.0833. The molecule has 1 atom stereocenters. The van der Waals surface area contributed by atoms with E-state index in [1.807, 2.05) is 30.3 Å². The molecule has 8 heteroatoms. The van der Waals surface area contributed by atoms with Gasteiger partial charge >= 0.3 is 0 Å². The standard InChI is InChI=1S/C24H20N2O5S/c27-22-20(15-16-7-3-1-4-8-16)26-24(29)21(22)23(28)25-17-11-13-19(14-12-17)32(30,31)18-9-5-2-6-10-18/h1-14,20,27H,15H2,(H,25,28)(H,26,29). The number of aliphatic hydroxyl groups excluding tert-OH is 1. The molecule has 1 heterocycles. The molecule has 0 saturated carbocycles. The van der Waals surface area contributed by atoms with E-state index in [-0.39, 0.29) is 21.1 Å². The highest BCUT2D eigenvalue weighted by Gasteiger charge is 2.36. The summed E-state index contributed by atoms with van der Waals surface area (Å²) in [5.41, 5.74) is 0.842. The van der Waals surface area contributed by atoms with Crippen LogP contribution in [0.25, 0.3) is 0 Å². The zero-order valence-corrected chi connectivity index (χ0v) is 17.7. The van der Waals surface area contributed by atoms with E-state index in [1.54, 1.807) is 18.2 Å². The number of hydrogen-bond acceptors (Lipinski definition) is 5. The van der Waals surface area contributed by atoms with Crippen molar-refractivity contribution in [3.05, 3.63) is 102 Å². The number of rotatable bonds is 6. The molecule has 3 aromatic rings. The third-order valence-electron chi connectivity index (χ3n) is 5.10. The molecule has 0 fully saturated rings. The monoisotopic (exact) mass is 448 g/mol. The molecule has 0 aromatic heterocycles. The van der Waals surface area contributed by atoms with Crippen LogP contribution in [0.1, 0.15) is 5.56 Å². The lowest BCUT2D eigenvalue weighted by atomic mass is 10.0. The van der Waals surface area contributed by atoms with Crippen LogP contribution in [0.5, 0.6) is 0 Å². The van der Waals surface area contributed by atoms with Crippen molar-refractivity contribution in [1.82, 2.24) is 5.32 Å². The molecule has 1 aliphatic heterocycles. The summed E-state index contributed by atoms with van der Waals surface area (Å²) in [5.74, 6) is -1.75. The van der Waals surface area contributed by atoms with Crippen LogP contribution in [0.2, 0.25) is 0 Å². The van der Waals surface area contributed by atoms with E-state index in [1.165, 1.54) is 36.4 Å². The minimum atomic E-state index is -3.68. The summed E-state index contributed by atoms with van der Waals surface area (Å²) in [5, 5.41) is 15.6. The van der Waals surface area contributed by atoms with Gasteiger partial charge in [0.05, 0.1) is 15.8 Å². The number of anilines is 1. The molecule has 3 N–H and O–H groups in total. The van der Waals surface area contributed by atoms with E-state index < -0.39 is 27.7 Å². The number of nitrogens with one attached hydrogen (secondary N) is 2. The number of hydrogen-bond donors (Lipinski definition) is 3. The Morgan fingerprint density at radius 1 is 0.875 bits per heavy atom. The van der Waals surface area contributed by atoms with Gasteiger partial charge in [0.2, 0.25) is 9.84 Å². The minimum Gasteiger partial charge on any atom is -0.509 e. The normalized spacial score (nSPS) is 16.0. The van der Waals surface area contributed by atoms with Gasteiger partial charge in [-0.25, -0.2) is 8.42 Å². The van der Waals surface area contributed by atoms with Crippen LogP contribution in [-0.4, -0.2) is 31.4 Å². The maximum Gasteiger partial charge on any atom is 0.264 e. The molecule has 162 valence electrons. The number of amides is 2. The van der Waals surface area contributed by atoms with E-state index in [4.69, 9.17) is 0 Å². The summed E-state index contributed by atoms with van der Waals surface area (Å²) in [6.07, 6.45) is 0.348. The molecule has 0 aliphatic carbocycles. The molecular weight excluding hydrogens is 428 g/mol. The molecule has 32 heavy (non-hydrogen) atoms.